The van der Waals surface area contributed by atoms with Crippen LogP contribution in [0.15, 0.2) is 66.1 Å². The predicted molar refractivity (Wildman–Crippen MR) is 159 cm³/mol. The molecule has 1 saturated heterocycles. The van der Waals surface area contributed by atoms with Crippen molar-refractivity contribution >= 4 is 55.9 Å². The van der Waals surface area contributed by atoms with Crippen LogP contribution in [0.3, 0.4) is 0 Å². The number of ether oxygens (including phenoxy) is 2. The van der Waals surface area contributed by atoms with Gasteiger partial charge < -0.3 is 35.0 Å². The summed E-state index contributed by atoms with van der Waals surface area (Å²) in [5.74, 6) is 3.97. The van der Waals surface area contributed by atoms with Gasteiger partial charge in [-0.3, -0.25) is 14.7 Å². The Labute approximate surface area is 246 Å². The van der Waals surface area contributed by atoms with E-state index in [4.69, 9.17) is 9.47 Å². The number of hydrogen-bond donors (Lipinski definition) is 6. The van der Waals surface area contributed by atoms with Gasteiger partial charge in [-0.1, -0.05) is 6.07 Å². The lowest BCUT2D eigenvalue weighted by molar-refractivity contribution is -0.137. The molecular formula is C27H30N8O7S. The molecule has 5 rings (SSSR count). The summed E-state index contributed by atoms with van der Waals surface area (Å²) in [7, 11) is -1.43. The molecule has 1 fully saturated rings. The normalized spacial score (nSPS) is 21.1. The first kappa shape index (κ1) is 29.7. The molecule has 16 heteroatoms. The summed E-state index contributed by atoms with van der Waals surface area (Å²) in [6, 6.07) is 12.6. The number of carbonyl (C=O) groups is 2. The summed E-state index contributed by atoms with van der Waals surface area (Å²) >= 11 is 0. The van der Waals surface area contributed by atoms with Gasteiger partial charge in [0.1, 0.15) is 24.3 Å². The predicted octanol–water partition coefficient (Wildman–Crippen LogP) is 1.34. The van der Waals surface area contributed by atoms with E-state index >= 15 is 0 Å². The van der Waals surface area contributed by atoms with Crippen LogP contribution in [0.25, 0.3) is 11.2 Å². The fraction of sp³-hybridized carbons (Fsp3) is 0.259. The maximum Gasteiger partial charge on any atom is 0.324 e. The Morgan fingerprint density at radius 2 is 1.84 bits per heavy atom. The lowest BCUT2D eigenvalue weighted by Gasteiger charge is -2.16. The summed E-state index contributed by atoms with van der Waals surface area (Å²) in [5, 5.41) is 28.8. The lowest BCUT2D eigenvalue weighted by Crippen LogP contribution is -2.42. The molecule has 3 heterocycles. The molecule has 0 aliphatic carbocycles. The number of aliphatic hydroxyl groups excluding tert-OH is 2. The number of imidazole rings is 1. The molecule has 1 aliphatic heterocycles. The average molecular weight is 611 g/mol. The number of nitrogens with zero attached hydrogens (tertiary/aromatic N) is 4. The van der Waals surface area contributed by atoms with Crippen LogP contribution in [0.2, 0.25) is 0 Å². The number of aromatic nitrogens is 4. The molecule has 0 spiro atoms. The first-order chi connectivity index (χ1) is 20.6. The van der Waals surface area contributed by atoms with Crippen LogP contribution in [0.5, 0.6) is 5.75 Å². The molecule has 0 radical (unpaired) electrons. The Balaban J connectivity index is 1.29. The van der Waals surface area contributed by atoms with Crippen molar-refractivity contribution in [3.05, 3.63) is 61.2 Å². The van der Waals surface area contributed by atoms with Crippen molar-refractivity contribution in [1.82, 2.24) is 24.8 Å². The van der Waals surface area contributed by atoms with Crippen molar-refractivity contribution < 1.29 is 33.5 Å². The number of fused-ring (bicyclic) bond motifs is 1. The monoisotopic (exact) mass is 610 g/mol. The highest BCUT2D eigenvalue weighted by Crippen LogP contribution is 2.32. The average Bonchev–Trinajstić information content (AvgIpc) is 3.54. The molecule has 3 unspecified atom stereocenters. The van der Waals surface area contributed by atoms with E-state index in [1.807, 2.05) is 0 Å². The molecule has 0 saturated carbocycles. The van der Waals surface area contributed by atoms with E-state index in [1.54, 1.807) is 56.5 Å². The highest BCUT2D eigenvalue weighted by Gasteiger charge is 2.47. The van der Waals surface area contributed by atoms with Crippen LogP contribution in [0, 0.1) is 0 Å². The highest BCUT2D eigenvalue weighted by molar-refractivity contribution is 8.01. The Bertz CT molecular complexity index is 1750. The molecule has 1 aliphatic rings. The van der Waals surface area contributed by atoms with E-state index in [1.165, 1.54) is 23.3 Å². The largest absolute Gasteiger partial charge is 0.497 e. The topological polar surface area (TPSA) is 202 Å². The molecule has 2 aromatic heterocycles. The molecule has 6 N–H and O–H groups in total. The number of benzene rings is 2. The molecule has 43 heavy (non-hydrogen) atoms. The maximum absolute atomic E-state index is 13.4. The molecule has 226 valence electrons. The Hall–Kier alpha value is -4.77. The number of urea groups is 1. The Morgan fingerprint density at radius 3 is 2.56 bits per heavy atom. The third kappa shape index (κ3) is 6.21. The zero-order valence-corrected chi connectivity index (χ0v) is 23.9. The first-order valence-electron chi connectivity index (χ1n) is 13.0. The van der Waals surface area contributed by atoms with Crippen LogP contribution < -0.4 is 25.4 Å². The number of carbonyl (C=O) groups excluding carboxylic acids is 2. The molecule has 15 nitrogen and oxygen atoms in total. The summed E-state index contributed by atoms with van der Waals surface area (Å²) in [6.45, 7) is 2.04. The van der Waals surface area contributed by atoms with Gasteiger partial charge in [0.15, 0.2) is 29.3 Å². The van der Waals surface area contributed by atoms with Crippen molar-refractivity contribution in [3.8, 4) is 5.75 Å². The van der Waals surface area contributed by atoms with Crippen LogP contribution >= 0.6 is 0 Å². The molecule has 2 aromatic carbocycles. The number of rotatable bonds is 9. The second-order valence-corrected chi connectivity index (χ2v) is 11.5. The third-order valence-corrected chi connectivity index (χ3v) is 8.14. The minimum Gasteiger partial charge on any atom is -0.497 e. The quantitative estimate of drug-likeness (QED) is 0.150. The number of amides is 3. The highest BCUT2D eigenvalue weighted by atomic mass is 32.2. The molecule has 0 bridgehead atoms. The minimum atomic E-state index is -2.98. The van der Waals surface area contributed by atoms with E-state index in [2.05, 4.69) is 41.5 Å². The minimum absolute atomic E-state index is 0.0489. The standard InChI is InChI=1S/C27H30N8O7S/c1-4-28-25(38)22-20(36)21(37)26(42-22)35-14-31-19-23(29-13-30-24(19)35)33-27(39)32-16-6-5-7-18(12-16)43(3,40)34-15-8-10-17(41-2)11-9-15/h5-14,20-22,26,36-37H,3-4H2,1-2H3,(H,28,38)(H,34,40)(H2,29,30,32,33,39)/t20?,21?,22-,26+,43?/m0/s1. The van der Waals surface area contributed by atoms with Crippen molar-refractivity contribution in [2.75, 3.05) is 29.0 Å². The van der Waals surface area contributed by atoms with Crippen molar-refractivity contribution in [2.24, 2.45) is 0 Å². The van der Waals surface area contributed by atoms with E-state index in [9.17, 15) is 24.0 Å². The summed E-state index contributed by atoms with van der Waals surface area (Å²) in [4.78, 5) is 38.0. The number of hydrogen-bond acceptors (Lipinski definition) is 10. The van der Waals surface area contributed by atoms with Gasteiger partial charge in [0, 0.05) is 17.9 Å². The third-order valence-electron chi connectivity index (χ3n) is 6.56. The van der Waals surface area contributed by atoms with Gasteiger partial charge in [0.2, 0.25) is 0 Å². The van der Waals surface area contributed by atoms with Gasteiger partial charge in [-0.15, -0.1) is 0 Å². The van der Waals surface area contributed by atoms with Gasteiger partial charge in [-0.25, -0.2) is 24.0 Å². The molecule has 3 amide bonds. The van der Waals surface area contributed by atoms with Gasteiger partial charge >= 0.3 is 6.03 Å². The zero-order chi connectivity index (χ0) is 30.7. The van der Waals surface area contributed by atoms with E-state index in [0.717, 1.165) is 0 Å². The number of methoxy groups -OCH3 is 1. The van der Waals surface area contributed by atoms with Gasteiger partial charge in [-0.2, -0.15) is 0 Å². The fourth-order valence-electron chi connectivity index (χ4n) is 4.47. The van der Waals surface area contributed by atoms with E-state index in [0.29, 0.717) is 28.6 Å². The lowest BCUT2D eigenvalue weighted by atomic mass is 10.1. The van der Waals surface area contributed by atoms with Crippen LogP contribution in [0.4, 0.5) is 22.0 Å². The second-order valence-electron chi connectivity index (χ2n) is 9.48. The number of likely N-dealkylation sites (N-methyl/N-ethyl adjacent to an activating group) is 1. The van der Waals surface area contributed by atoms with E-state index < -0.39 is 46.2 Å². The zero-order valence-electron chi connectivity index (χ0n) is 23.1. The van der Waals surface area contributed by atoms with E-state index in [-0.39, 0.29) is 17.0 Å². The van der Waals surface area contributed by atoms with Gasteiger partial charge in [-0.05, 0) is 55.3 Å². The van der Waals surface area contributed by atoms with Crippen LogP contribution in [0.1, 0.15) is 13.2 Å². The molecule has 5 atom stereocenters. The van der Waals surface area contributed by atoms with Crippen molar-refractivity contribution in [3.63, 3.8) is 0 Å². The van der Waals surface area contributed by atoms with Crippen LogP contribution in [-0.4, -0.2) is 83.7 Å². The summed E-state index contributed by atoms with van der Waals surface area (Å²) < 4.78 is 28.4. The summed E-state index contributed by atoms with van der Waals surface area (Å²) in [6.07, 6.45) is -2.91. The number of anilines is 3. The fourth-order valence-corrected chi connectivity index (χ4v) is 5.72. The van der Waals surface area contributed by atoms with Gasteiger partial charge in [0.25, 0.3) is 5.91 Å². The molecular weight excluding hydrogens is 580 g/mol. The molecule has 4 aromatic rings. The SMILES string of the molecule is C=S(=O)(Nc1ccc(OC)cc1)c1cccc(NC(=O)Nc2ncnc3c2ncn3[C@@H]2O[C@H](C(=O)NCC)C(O)C2O)c1. The number of aliphatic hydroxyl groups is 2. The smallest absolute Gasteiger partial charge is 0.324 e. The Kier molecular flexibility index (Phi) is 8.45. The van der Waals surface area contributed by atoms with Crippen molar-refractivity contribution in [2.45, 2.75) is 36.4 Å². The maximum atomic E-state index is 13.4. The second kappa shape index (κ2) is 12.2. The Morgan fingerprint density at radius 1 is 1.07 bits per heavy atom. The first-order valence-corrected chi connectivity index (χ1v) is 14.8. The van der Waals surface area contributed by atoms with Gasteiger partial charge in [0.05, 0.1) is 28.0 Å². The number of nitrogens with one attached hydrogen (secondary N) is 4. The van der Waals surface area contributed by atoms with Crippen LogP contribution in [-0.2, 0) is 19.2 Å². The summed E-state index contributed by atoms with van der Waals surface area (Å²) in [5.41, 5.74) is 1.27. The van der Waals surface area contributed by atoms with Crippen molar-refractivity contribution in [1.29, 1.82) is 0 Å².